The van der Waals surface area contributed by atoms with Gasteiger partial charge in [0.05, 0.1) is 13.0 Å². The number of halogens is 7. The largest absolute Gasteiger partial charge is 0.574 e. The molecule has 0 N–H and O–H groups in total. The third kappa shape index (κ3) is 4.05. The molecule has 10 heteroatoms. The van der Waals surface area contributed by atoms with Crippen LogP contribution in [0.2, 0.25) is 0 Å². The number of pyridine rings is 1. The van der Waals surface area contributed by atoms with Crippen molar-refractivity contribution in [2.75, 3.05) is 7.11 Å². The lowest BCUT2D eigenvalue weighted by Crippen LogP contribution is -2.21. The minimum Gasteiger partial charge on any atom is -0.494 e. The first-order valence-electron chi connectivity index (χ1n) is 4.55. The molecule has 0 aliphatic heterocycles. The van der Waals surface area contributed by atoms with Gasteiger partial charge in [-0.05, 0) is 6.07 Å². The minimum atomic E-state index is -5.18. The Kier molecular flexibility index (Phi) is 4.39. The molecule has 0 radical (unpaired) electrons. The van der Waals surface area contributed by atoms with Crippen molar-refractivity contribution in [2.24, 2.45) is 0 Å². The van der Waals surface area contributed by atoms with Crippen molar-refractivity contribution in [2.45, 2.75) is 18.4 Å². The van der Waals surface area contributed by atoms with E-state index in [1.54, 1.807) is 0 Å². The average molecular weight is 310 g/mol. The van der Waals surface area contributed by atoms with Gasteiger partial charge in [-0.2, -0.15) is 13.2 Å². The Morgan fingerprint density at radius 1 is 1.21 bits per heavy atom. The number of hydrogen-bond acceptors (Lipinski definition) is 3. The lowest BCUT2D eigenvalue weighted by atomic mass is 10.2. The van der Waals surface area contributed by atoms with Gasteiger partial charge in [0.25, 0.3) is 0 Å². The van der Waals surface area contributed by atoms with E-state index in [2.05, 4.69) is 14.5 Å². The maximum absolute atomic E-state index is 12.6. The Balaban J connectivity index is 3.38. The zero-order valence-electron chi connectivity index (χ0n) is 9.19. The fourth-order valence-electron chi connectivity index (χ4n) is 1.17. The Hall–Kier alpha value is -1.38. The summed E-state index contributed by atoms with van der Waals surface area (Å²) in [6.45, 7) is 0. The van der Waals surface area contributed by atoms with Crippen LogP contribution in [0.25, 0.3) is 0 Å². The van der Waals surface area contributed by atoms with E-state index in [1.807, 2.05) is 0 Å². The van der Waals surface area contributed by atoms with Gasteiger partial charge in [-0.25, -0.2) is 4.98 Å². The number of ether oxygens (including phenoxy) is 2. The first kappa shape index (κ1) is 15.7. The molecule has 0 aromatic carbocycles. The maximum Gasteiger partial charge on any atom is 0.574 e. The van der Waals surface area contributed by atoms with Crippen molar-refractivity contribution in [3.05, 3.63) is 17.3 Å². The summed E-state index contributed by atoms with van der Waals surface area (Å²) in [5.74, 6) is -2.51. The number of methoxy groups -OCH3 is 1. The van der Waals surface area contributed by atoms with E-state index >= 15 is 0 Å². The van der Waals surface area contributed by atoms with Gasteiger partial charge < -0.3 is 9.47 Å². The molecule has 0 aliphatic carbocycles. The second kappa shape index (κ2) is 5.32. The van der Waals surface area contributed by atoms with E-state index in [9.17, 15) is 26.3 Å². The molecule has 19 heavy (non-hydrogen) atoms. The smallest absolute Gasteiger partial charge is 0.494 e. The topological polar surface area (TPSA) is 31.4 Å². The Morgan fingerprint density at radius 2 is 1.79 bits per heavy atom. The van der Waals surface area contributed by atoms with E-state index in [-0.39, 0.29) is 5.56 Å². The van der Waals surface area contributed by atoms with E-state index in [0.29, 0.717) is 6.07 Å². The third-order valence-electron chi connectivity index (χ3n) is 1.87. The molecule has 0 saturated heterocycles. The van der Waals surface area contributed by atoms with Crippen LogP contribution in [0.15, 0.2) is 6.07 Å². The van der Waals surface area contributed by atoms with Crippen molar-refractivity contribution in [3.63, 3.8) is 0 Å². The van der Waals surface area contributed by atoms with E-state index in [4.69, 9.17) is 11.6 Å². The zero-order valence-corrected chi connectivity index (χ0v) is 9.95. The highest BCUT2D eigenvalue weighted by Gasteiger charge is 2.39. The maximum atomic E-state index is 12.6. The highest BCUT2D eigenvalue weighted by molar-refractivity contribution is 6.17. The van der Waals surface area contributed by atoms with Gasteiger partial charge in [0, 0.05) is 5.56 Å². The van der Waals surface area contributed by atoms with Crippen LogP contribution in [0.5, 0.6) is 11.6 Å². The number of alkyl halides is 7. The van der Waals surface area contributed by atoms with Crippen molar-refractivity contribution < 1.29 is 35.8 Å². The average Bonchev–Trinajstić information content (AvgIpc) is 2.25. The summed E-state index contributed by atoms with van der Waals surface area (Å²) in [4.78, 5) is 2.79. The lowest BCUT2D eigenvalue weighted by molar-refractivity contribution is -0.276. The zero-order chi connectivity index (χ0) is 14.8. The molecule has 1 aromatic heterocycles. The highest BCUT2D eigenvalue weighted by atomic mass is 35.5. The molecule has 108 valence electrons. The fraction of sp³-hybridized carbons (Fsp3) is 0.444. The summed E-state index contributed by atoms with van der Waals surface area (Å²) in [5.41, 5.74) is -1.99. The van der Waals surface area contributed by atoms with Crippen LogP contribution in [-0.2, 0) is 12.1 Å². The summed E-state index contributed by atoms with van der Waals surface area (Å²) in [6.07, 6.45) is -10.2. The summed E-state index contributed by atoms with van der Waals surface area (Å²) in [5, 5.41) is 0. The lowest BCUT2D eigenvalue weighted by Gasteiger charge is -2.16. The van der Waals surface area contributed by atoms with Crippen molar-refractivity contribution in [1.82, 2.24) is 4.98 Å². The molecule has 0 amide bonds. The molecule has 0 spiro atoms. The molecule has 1 rings (SSSR count). The molecule has 1 aromatic rings. The Morgan fingerprint density at radius 3 is 2.16 bits per heavy atom. The van der Waals surface area contributed by atoms with Gasteiger partial charge in [0.1, 0.15) is 5.75 Å². The predicted octanol–water partition coefficient (Wildman–Crippen LogP) is 3.75. The second-order valence-electron chi connectivity index (χ2n) is 3.18. The molecule has 0 bridgehead atoms. The highest BCUT2D eigenvalue weighted by Crippen LogP contribution is 2.38. The third-order valence-corrected chi connectivity index (χ3v) is 2.16. The standard InChI is InChI=1S/C9H6ClF6NO2/c1-18-5-2-4(3-10)7(19-9(14,15)16)17-6(5)8(11,12)13/h2H,3H2,1H3. The summed E-state index contributed by atoms with van der Waals surface area (Å²) in [6, 6.07) is 0.698. The van der Waals surface area contributed by atoms with E-state index in [1.165, 1.54) is 0 Å². The number of nitrogens with zero attached hydrogens (tertiary/aromatic N) is 1. The van der Waals surface area contributed by atoms with Gasteiger partial charge >= 0.3 is 12.5 Å². The van der Waals surface area contributed by atoms with Crippen molar-refractivity contribution in [3.8, 4) is 11.6 Å². The van der Waals surface area contributed by atoms with Gasteiger partial charge in [-0.1, -0.05) is 0 Å². The molecule has 0 aliphatic rings. The van der Waals surface area contributed by atoms with Crippen LogP contribution in [0.3, 0.4) is 0 Å². The number of aromatic nitrogens is 1. The Bertz CT molecular complexity index is 459. The SMILES string of the molecule is COc1cc(CCl)c(OC(F)(F)F)nc1C(F)(F)F. The Labute approximate surface area is 108 Å². The molecule has 0 unspecified atom stereocenters. The van der Waals surface area contributed by atoms with Crippen LogP contribution >= 0.6 is 11.6 Å². The van der Waals surface area contributed by atoms with Crippen LogP contribution < -0.4 is 9.47 Å². The van der Waals surface area contributed by atoms with Gasteiger partial charge in [-0.15, -0.1) is 24.8 Å². The second-order valence-corrected chi connectivity index (χ2v) is 3.45. The number of hydrogen-bond donors (Lipinski definition) is 0. The molecule has 1 heterocycles. The first-order valence-corrected chi connectivity index (χ1v) is 5.08. The molecule has 3 nitrogen and oxygen atoms in total. The normalized spacial score (nSPS) is 12.4. The van der Waals surface area contributed by atoms with Crippen molar-refractivity contribution in [1.29, 1.82) is 0 Å². The van der Waals surface area contributed by atoms with Gasteiger partial charge in [0.2, 0.25) is 5.88 Å². The predicted molar refractivity (Wildman–Crippen MR) is 52.0 cm³/mol. The molecule has 0 fully saturated rings. The fourth-order valence-corrected chi connectivity index (χ4v) is 1.36. The number of rotatable bonds is 3. The first-order chi connectivity index (χ1) is 8.58. The van der Waals surface area contributed by atoms with Gasteiger partial charge in [-0.3, -0.25) is 0 Å². The summed E-state index contributed by atoms with van der Waals surface area (Å²) >= 11 is 5.33. The molecular formula is C9H6ClF6NO2. The van der Waals surface area contributed by atoms with Gasteiger partial charge in [0.15, 0.2) is 5.69 Å². The van der Waals surface area contributed by atoms with Crippen LogP contribution in [0.4, 0.5) is 26.3 Å². The monoisotopic (exact) mass is 309 g/mol. The molecular weight excluding hydrogens is 304 g/mol. The minimum absolute atomic E-state index is 0.371. The van der Waals surface area contributed by atoms with Crippen LogP contribution in [0, 0.1) is 0 Å². The molecule has 0 saturated carbocycles. The van der Waals surface area contributed by atoms with Crippen LogP contribution in [-0.4, -0.2) is 18.5 Å². The molecule has 0 atom stereocenters. The van der Waals surface area contributed by atoms with Crippen molar-refractivity contribution >= 4 is 11.6 Å². The summed E-state index contributed by atoms with van der Waals surface area (Å²) in [7, 11) is 0.925. The summed E-state index contributed by atoms with van der Waals surface area (Å²) < 4.78 is 81.7. The quantitative estimate of drug-likeness (QED) is 0.629. The van der Waals surface area contributed by atoms with Crippen LogP contribution in [0.1, 0.15) is 11.3 Å². The van der Waals surface area contributed by atoms with E-state index < -0.39 is 35.7 Å². The van der Waals surface area contributed by atoms with E-state index in [0.717, 1.165) is 7.11 Å².